The Hall–Kier alpha value is -2.15. The summed E-state index contributed by atoms with van der Waals surface area (Å²) in [4.78, 5) is 0. The zero-order chi connectivity index (χ0) is 29.6. The van der Waals surface area contributed by atoms with Crippen LogP contribution in [0.25, 0.3) is 11.1 Å². The Morgan fingerprint density at radius 3 is 1.86 bits per heavy atom. The minimum Gasteiger partial charge on any atom is -1.00 e. The van der Waals surface area contributed by atoms with Gasteiger partial charge in [-0.25, -0.2) is 12.1 Å². The molecule has 43 heavy (non-hydrogen) atoms. The van der Waals surface area contributed by atoms with Crippen molar-refractivity contribution >= 4 is 14.8 Å². The van der Waals surface area contributed by atoms with Gasteiger partial charge in [0.25, 0.3) is 0 Å². The molecule has 0 heterocycles. The molecule has 0 spiro atoms. The van der Waals surface area contributed by atoms with Gasteiger partial charge in [0.1, 0.15) is 0 Å². The third-order valence-electron chi connectivity index (χ3n) is 7.26. The molecular formula is C39H39Cl3Zr-2. The zero-order valence-corrected chi connectivity index (χ0v) is 30.5. The van der Waals surface area contributed by atoms with Crippen LogP contribution in [0.2, 0.25) is 5.02 Å². The van der Waals surface area contributed by atoms with Crippen LogP contribution in [0.1, 0.15) is 74.9 Å². The van der Waals surface area contributed by atoms with Gasteiger partial charge in [0.05, 0.1) is 0 Å². The van der Waals surface area contributed by atoms with Gasteiger partial charge < -0.3 is 24.8 Å². The summed E-state index contributed by atoms with van der Waals surface area (Å²) >= 11 is 7.38. The fourth-order valence-electron chi connectivity index (χ4n) is 4.72. The standard InChI is InChI=1S/C21H25.C13H9Cl.C5H5.2ClH.Zr/c1-20(2,3)16-9-7-14-11-15-8-10-17(21(4,5)6)13-19(15)18(14)12-16;14-13-8-4-7-12(10-13)9-11-5-2-1-3-6-11;1-2-4-5-3-1;;;/h7,9-10,12-13H,11H2,1-6H3;1-8,10H;1-5H;2*1H;/q-1;;-1;;;+2/p-2. The van der Waals surface area contributed by atoms with E-state index in [0.29, 0.717) is 0 Å². The SMILES string of the molecule is CC(C)(C)c1c[c-]c2c(c1)-c1cc(C(C)(C)C)ccc1C2.Clc1cccc([C](=[Zr+2])c2ccccc2)c1.[Cl-].[Cl-].c1cc[cH-]c1. The van der Waals surface area contributed by atoms with E-state index in [-0.39, 0.29) is 35.6 Å². The van der Waals surface area contributed by atoms with Crippen LogP contribution in [0.15, 0.2) is 115 Å². The largest absolute Gasteiger partial charge is 1.00 e. The molecule has 0 unspecified atom stereocenters. The van der Waals surface area contributed by atoms with E-state index in [0.717, 1.165) is 11.4 Å². The Morgan fingerprint density at radius 1 is 0.698 bits per heavy atom. The van der Waals surface area contributed by atoms with Crippen molar-refractivity contribution in [3.63, 3.8) is 0 Å². The molecule has 0 amide bonds. The third kappa shape index (κ3) is 10.2. The quantitative estimate of drug-likeness (QED) is 0.233. The first-order valence-corrected chi connectivity index (χ1v) is 15.8. The molecule has 0 saturated carbocycles. The number of hydrogen-bond donors (Lipinski definition) is 0. The van der Waals surface area contributed by atoms with E-state index >= 15 is 0 Å². The van der Waals surface area contributed by atoms with E-state index in [9.17, 15) is 0 Å². The number of benzene rings is 4. The van der Waals surface area contributed by atoms with Gasteiger partial charge in [-0.1, -0.05) is 76.3 Å². The van der Waals surface area contributed by atoms with E-state index in [1.165, 1.54) is 71.9 Å². The Labute approximate surface area is 291 Å². The molecule has 0 fully saturated rings. The molecule has 0 saturated heterocycles. The molecule has 222 valence electrons. The Balaban J connectivity index is 0.000000256. The first kappa shape index (κ1) is 37.0. The first-order chi connectivity index (χ1) is 19.4. The molecule has 0 bridgehead atoms. The average Bonchev–Trinajstić information content (AvgIpc) is 3.64. The van der Waals surface area contributed by atoms with Crippen molar-refractivity contribution in [2.45, 2.75) is 58.8 Å². The van der Waals surface area contributed by atoms with Crippen molar-refractivity contribution in [2.24, 2.45) is 0 Å². The second-order valence-electron chi connectivity index (χ2n) is 12.5. The summed E-state index contributed by atoms with van der Waals surface area (Å²) in [6.07, 6.45) is 1.03. The van der Waals surface area contributed by atoms with Crippen molar-refractivity contribution in [3.8, 4) is 11.1 Å². The van der Waals surface area contributed by atoms with Gasteiger partial charge in [0, 0.05) is 0 Å². The van der Waals surface area contributed by atoms with Crippen LogP contribution in [-0.2, 0) is 41.5 Å². The van der Waals surface area contributed by atoms with Crippen molar-refractivity contribution in [3.05, 3.63) is 160 Å². The summed E-state index contributed by atoms with van der Waals surface area (Å²) in [6, 6.07) is 43.5. The fourth-order valence-corrected chi connectivity index (χ4v) is 5.70. The van der Waals surface area contributed by atoms with Crippen molar-refractivity contribution < 1.29 is 49.0 Å². The molecule has 4 heteroatoms. The van der Waals surface area contributed by atoms with Gasteiger partial charge in [-0.2, -0.15) is 47.5 Å². The average molecular weight is 705 g/mol. The predicted molar refractivity (Wildman–Crippen MR) is 174 cm³/mol. The maximum atomic E-state index is 5.97. The van der Waals surface area contributed by atoms with Gasteiger partial charge >= 0.3 is 110 Å². The maximum absolute atomic E-state index is 5.97. The molecule has 0 atom stereocenters. The first-order valence-electron chi connectivity index (χ1n) is 14.2. The van der Waals surface area contributed by atoms with Crippen LogP contribution < -0.4 is 24.8 Å². The number of hydrogen-bond acceptors (Lipinski definition) is 0. The Kier molecular flexibility index (Phi) is 14.0. The van der Waals surface area contributed by atoms with E-state index in [1.54, 1.807) is 0 Å². The molecule has 1 aliphatic carbocycles. The minimum atomic E-state index is 0. The van der Waals surface area contributed by atoms with E-state index < -0.39 is 0 Å². The second kappa shape index (κ2) is 16.2. The molecule has 0 nitrogen and oxygen atoms in total. The number of fused-ring (bicyclic) bond motifs is 3. The van der Waals surface area contributed by atoms with Crippen molar-refractivity contribution in [1.29, 1.82) is 0 Å². The fraction of sp³-hybridized carbons (Fsp3) is 0.231. The summed E-state index contributed by atoms with van der Waals surface area (Å²) in [5, 5.41) is 0.795. The summed E-state index contributed by atoms with van der Waals surface area (Å²) in [6.45, 7) is 13.6. The van der Waals surface area contributed by atoms with Crippen LogP contribution in [0, 0.1) is 6.07 Å². The van der Waals surface area contributed by atoms with Gasteiger partial charge in [-0.3, -0.25) is 0 Å². The molecule has 5 aromatic carbocycles. The van der Waals surface area contributed by atoms with Crippen LogP contribution in [-0.4, -0.2) is 3.21 Å². The van der Waals surface area contributed by atoms with Crippen LogP contribution >= 0.6 is 11.6 Å². The van der Waals surface area contributed by atoms with Crippen LogP contribution in [0.3, 0.4) is 0 Å². The van der Waals surface area contributed by atoms with Gasteiger partial charge in [0.15, 0.2) is 0 Å². The third-order valence-corrected chi connectivity index (χ3v) is 8.91. The van der Waals surface area contributed by atoms with Gasteiger partial charge in [-0.05, 0) is 17.4 Å². The van der Waals surface area contributed by atoms with Crippen molar-refractivity contribution in [2.75, 3.05) is 0 Å². The molecule has 0 radical (unpaired) electrons. The predicted octanol–water partition coefficient (Wildman–Crippen LogP) is 4.52. The molecule has 0 aliphatic heterocycles. The zero-order valence-electron chi connectivity index (χ0n) is 25.8. The molecular weight excluding hydrogens is 666 g/mol. The summed E-state index contributed by atoms with van der Waals surface area (Å²) in [5.41, 5.74) is 11.3. The summed E-state index contributed by atoms with van der Waals surface area (Å²) in [5.74, 6) is 0. The van der Waals surface area contributed by atoms with Gasteiger partial charge in [0.2, 0.25) is 0 Å². The molecule has 0 aromatic heterocycles. The van der Waals surface area contributed by atoms with E-state index in [2.05, 4.69) is 108 Å². The second-order valence-corrected chi connectivity index (χ2v) is 14.2. The number of rotatable bonds is 2. The molecule has 0 N–H and O–H groups in total. The smallest absolute Gasteiger partial charge is 0.172 e. The minimum absolute atomic E-state index is 0. The summed E-state index contributed by atoms with van der Waals surface area (Å²) in [7, 11) is 0. The normalized spacial score (nSPS) is 11.3. The van der Waals surface area contributed by atoms with Gasteiger partial charge in [-0.15, -0.1) is 5.56 Å². The maximum Gasteiger partial charge on any atom is -0.172 e. The Morgan fingerprint density at radius 2 is 1.30 bits per heavy atom. The Bertz CT molecular complexity index is 1510. The summed E-state index contributed by atoms with van der Waals surface area (Å²) < 4.78 is 1.34. The molecule has 6 rings (SSSR count). The van der Waals surface area contributed by atoms with Crippen LogP contribution in [0.4, 0.5) is 0 Å². The monoisotopic (exact) mass is 702 g/mol. The van der Waals surface area contributed by atoms with Crippen LogP contribution in [0.5, 0.6) is 0 Å². The number of halogens is 3. The van der Waals surface area contributed by atoms with E-state index in [1.807, 2.05) is 54.6 Å². The molecule has 1 aliphatic rings. The van der Waals surface area contributed by atoms with E-state index in [4.69, 9.17) is 11.6 Å². The van der Waals surface area contributed by atoms with Crippen molar-refractivity contribution in [1.82, 2.24) is 0 Å². The topological polar surface area (TPSA) is 0 Å². The molecule has 5 aromatic rings.